The average Bonchev–Trinajstić information content (AvgIpc) is 2.78. The maximum Gasteiger partial charge on any atom is 0.325 e. The van der Waals surface area contributed by atoms with Gasteiger partial charge in [-0.3, -0.25) is 14.3 Å². The second kappa shape index (κ2) is 7.47. The van der Waals surface area contributed by atoms with Crippen LogP contribution in [0.25, 0.3) is 6.08 Å². The van der Waals surface area contributed by atoms with E-state index >= 15 is 0 Å². The van der Waals surface area contributed by atoms with Gasteiger partial charge in [-0.2, -0.15) is 5.10 Å². The van der Waals surface area contributed by atoms with Gasteiger partial charge in [-0.05, 0) is 32.9 Å². The Morgan fingerprint density at radius 3 is 2.70 bits per heavy atom. The van der Waals surface area contributed by atoms with Gasteiger partial charge < -0.3 is 9.64 Å². The summed E-state index contributed by atoms with van der Waals surface area (Å²) in [4.78, 5) is 25.1. The minimum Gasteiger partial charge on any atom is -0.465 e. The van der Waals surface area contributed by atoms with Crippen LogP contribution in [0.5, 0.6) is 0 Å². The van der Waals surface area contributed by atoms with Gasteiger partial charge in [-0.15, -0.1) is 0 Å². The maximum atomic E-state index is 12.1. The number of hydrogen-bond acceptors (Lipinski definition) is 4. The van der Waals surface area contributed by atoms with Crippen LogP contribution in [0.1, 0.15) is 26.5 Å². The highest BCUT2D eigenvalue weighted by Gasteiger charge is 2.18. The molecule has 0 atom stereocenters. The molecule has 0 aliphatic rings. The van der Waals surface area contributed by atoms with Gasteiger partial charge in [-0.1, -0.05) is 0 Å². The Balaban J connectivity index is 2.72. The average molecular weight is 279 g/mol. The largest absolute Gasteiger partial charge is 0.465 e. The molecule has 1 rings (SSSR count). The van der Waals surface area contributed by atoms with Crippen molar-refractivity contribution in [1.29, 1.82) is 0 Å². The Morgan fingerprint density at radius 2 is 2.20 bits per heavy atom. The lowest BCUT2D eigenvalue weighted by molar-refractivity contribution is -0.148. The highest BCUT2D eigenvalue weighted by Crippen LogP contribution is 2.04. The first-order chi connectivity index (χ1) is 9.45. The van der Waals surface area contributed by atoms with Crippen molar-refractivity contribution in [3.8, 4) is 0 Å². The molecule has 1 heterocycles. The van der Waals surface area contributed by atoms with Crippen molar-refractivity contribution >= 4 is 18.0 Å². The molecule has 110 valence electrons. The number of carbonyl (C=O) groups excluding carboxylic acids is 2. The summed E-state index contributed by atoms with van der Waals surface area (Å²) in [5.41, 5.74) is 0.818. The van der Waals surface area contributed by atoms with Crippen LogP contribution < -0.4 is 0 Å². The lowest BCUT2D eigenvalue weighted by Gasteiger charge is -2.24. The van der Waals surface area contributed by atoms with E-state index in [-0.39, 0.29) is 18.5 Å². The second-order valence-corrected chi connectivity index (χ2v) is 4.58. The summed E-state index contributed by atoms with van der Waals surface area (Å²) in [6.45, 7) is 5.72. The molecule has 1 aromatic rings. The molecule has 1 aromatic heterocycles. The zero-order valence-corrected chi connectivity index (χ0v) is 12.4. The molecule has 0 aliphatic heterocycles. The van der Waals surface area contributed by atoms with E-state index in [1.54, 1.807) is 37.0 Å². The van der Waals surface area contributed by atoms with E-state index in [2.05, 4.69) is 5.10 Å². The van der Waals surface area contributed by atoms with E-state index in [1.807, 2.05) is 13.8 Å². The van der Waals surface area contributed by atoms with Gasteiger partial charge in [0.05, 0.1) is 12.3 Å². The first kappa shape index (κ1) is 15.9. The van der Waals surface area contributed by atoms with Crippen molar-refractivity contribution in [2.75, 3.05) is 13.2 Å². The number of nitrogens with zero attached hydrogens (tertiary/aromatic N) is 3. The molecular weight excluding hydrogens is 258 g/mol. The van der Waals surface area contributed by atoms with Crippen LogP contribution in [-0.2, 0) is 21.4 Å². The molecule has 6 heteroatoms. The molecule has 0 unspecified atom stereocenters. The first-order valence-corrected chi connectivity index (χ1v) is 6.58. The molecule has 0 N–H and O–H groups in total. The van der Waals surface area contributed by atoms with E-state index < -0.39 is 5.97 Å². The second-order valence-electron chi connectivity index (χ2n) is 4.58. The van der Waals surface area contributed by atoms with E-state index in [9.17, 15) is 9.59 Å². The van der Waals surface area contributed by atoms with Crippen molar-refractivity contribution in [3.63, 3.8) is 0 Å². The molecule has 0 radical (unpaired) electrons. The van der Waals surface area contributed by atoms with Gasteiger partial charge in [0.25, 0.3) is 0 Å². The van der Waals surface area contributed by atoms with E-state index in [4.69, 9.17) is 4.74 Å². The molecule has 0 bridgehead atoms. The SMILES string of the molecule is CCOC(=O)CN(C(=O)/C=C/c1ccnn1C)C(C)C. The third kappa shape index (κ3) is 4.53. The number of aromatic nitrogens is 2. The number of hydrogen-bond donors (Lipinski definition) is 0. The topological polar surface area (TPSA) is 64.4 Å². The van der Waals surface area contributed by atoms with Crippen LogP contribution in [0.2, 0.25) is 0 Å². The molecule has 0 aliphatic carbocycles. The summed E-state index contributed by atoms with van der Waals surface area (Å²) >= 11 is 0. The molecule has 0 spiro atoms. The fourth-order valence-corrected chi connectivity index (χ4v) is 1.66. The zero-order chi connectivity index (χ0) is 15.1. The molecule has 6 nitrogen and oxygen atoms in total. The van der Waals surface area contributed by atoms with Gasteiger partial charge in [0.1, 0.15) is 6.54 Å². The fourth-order valence-electron chi connectivity index (χ4n) is 1.66. The number of ether oxygens (including phenoxy) is 1. The number of esters is 1. The van der Waals surface area contributed by atoms with E-state index in [0.717, 1.165) is 5.69 Å². The molecule has 0 saturated heterocycles. The summed E-state index contributed by atoms with van der Waals surface area (Å²) in [6.07, 6.45) is 4.77. The van der Waals surface area contributed by atoms with E-state index in [0.29, 0.717) is 6.61 Å². The third-order valence-corrected chi connectivity index (χ3v) is 2.77. The Hall–Kier alpha value is -2.11. The smallest absolute Gasteiger partial charge is 0.325 e. The van der Waals surface area contributed by atoms with Crippen LogP contribution in [0, 0.1) is 0 Å². The quantitative estimate of drug-likeness (QED) is 0.580. The van der Waals surface area contributed by atoms with Crippen molar-refractivity contribution < 1.29 is 14.3 Å². The van der Waals surface area contributed by atoms with Crippen LogP contribution >= 0.6 is 0 Å². The van der Waals surface area contributed by atoms with Gasteiger partial charge in [0, 0.05) is 25.4 Å². The normalized spacial score (nSPS) is 11.1. The van der Waals surface area contributed by atoms with Crippen LogP contribution in [0.4, 0.5) is 0 Å². The summed E-state index contributed by atoms with van der Waals surface area (Å²) in [5, 5.41) is 4.01. The molecule has 1 amide bonds. The lowest BCUT2D eigenvalue weighted by Crippen LogP contribution is -2.40. The highest BCUT2D eigenvalue weighted by molar-refractivity contribution is 5.93. The van der Waals surface area contributed by atoms with Crippen molar-refractivity contribution in [3.05, 3.63) is 24.0 Å². The number of carbonyl (C=O) groups is 2. The number of amides is 1. The minimum atomic E-state index is -0.400. The van der Waals surface area contributed by atoms with Gasteiger partial charge in [0.2, 0.25) is 5.91 Å². The molecule has 0 fully saturated rings. The zero-order valence-electron chi connectivity index (χ0n) is 12.4. The molecule has 0 saturated carbocycles. The van der Waals surface area contributed by atoms with Crippen molar-refractivity contribution in [2.45, 2.75) is 26.8 Å². The first-order valence-electron chi connectivity index (χ1n) is 6.58. The molecule has 20 heavy (non-hydrogen) atoms. The summed E-state index contributed by atoms with van der Waals surface area (Å²) < 4.78 is 6.53. The maximum absolute atomic E-state index is 12.1. The minimum absolute atomic E-state index is 0.0416. The van der Waals surface area contributed by atoms with Crippen LogP contribution in [0.3, 0.4) is 0 Å². The van der Waals surface area contributed by atoms with E-state index in [1.165, 1.54) is 11.0 Å². The highest BCUT2D eigenvalue weighted by atomic mass is 16.5. The third-order valence-electron chi connectivity index (χ3n) is 2.77. The standard InChI is InChI=1S/C14H21N3O3/c1-5-20-14(19)10-17(11(2)3)13(18)7-6-12-8-9-15-16(12)4/h6-9,11H,5,10H2,1-4H3/b7-6+. The predicted molar refractivity (Wildman–Crippen MR) is 75.7 cm³/mol. The summed E-state index contributed by atoms with van der Waals surface area (Å²) in [7, 11) is 1.79. The van der Waals surface area contributed by atoms with Crippen LogP contribution in [-0.4, -0.2) is 45.8 Å². The van der Waals surface area contributed by atoms with Gasteiger partial charge >= 0.3 is 5.97 Å². The summed E-state index contributed by atoms with van der Waals surface area (Å²) in [6, 6.07) is 1.72. The van der Waals surface area contributed by atoms with Gasteiger partial charge in [-0.25, -0.2) is 0 Å². The Labute approximate surface area is 119 Å². The number of rotatable bonds is 6. The van der Waals surface area contributed by atoms with Crippen molar-refractivity contribution in [2.24, 2.45) is 7.05 Å². The Kier molecular flexibility index (Phi) is 5.96. The number of aryl methyl sites for hydroxylation is 1. The Morgan fingerprint density at radius 1 is 1.50 bits per heavy atom. The van der Waals surface area contributed by atoms with Crippen molar-refractivity contribution in [1.82, 2.24) is 14.7 Å². The molecular formula is C14H21N3O3. The predicted octanol–water partition coefficient (Wildman–Crippen LogP) is 1.23. The van der Waals surface area contributed by atoms with Crippen LogP contribution in [0.15, 0.2) is 18.3 Å². The Bertz CT molecular complexity index is 492. The fraction of sp³-hybridized carbons (Fsp3) is 0.500. The molecule has 0 aromatic carbocycles. The summed E-state index contributed by atoms with van der Waals surface area (Å²) in [5.74, 6) is -0.627. The lowest BCUT2D eigenvalue weighted by atomic mass is 10.3. The van der Waals surface area contributed by atoms with Gasteiger partial charge in [0.15, 0.2) is 0 Å². The monoisotopic (exact) mass is 279 g/mol.